The molecule has 0 unspecified atom stereocenters. The minimum atomic E-state index is 0.354. The van der Waals surface area contributed by atoms with Crippen LogP contribution in [-0.4, -0.2) is 25.4 Å². The zero-order chi connectivity index (χ0) is 14.1. The van der Waals surface area contributed by atoms with Crippen molar-refractivity contribution < 1.29 is 4.79 Å². The Bertz CT molecular complexity index is 754. The molecular weight excluding hydrogens is 252 g/mol. The fraction of sp³-hybridized carbons (Fsp3) is 0.267. The van der Waals surface area contributed by atoms with Crippen LogP contribution in [0.3, 0.4) is 0 Å². The van der Waals surface area contributed by atoms with E-state index in [4.69, 9.17) is 0 Å². The Morgan fingerprint density at radius 3 is 3.00 bits per heavy atom. The van der Waals surface area contributed by atoms with Crippen LogP contribution < -0.4 is 0 Å². The van der Waals surface area contributed by atoms with Gasteiger partial charge in [0.15, 0.2) is 6.29 Å². The molecule has 5 heteroatoms. The molecule has 0 fully saturated rings. The van der Waals surface area contributed by atoms with Crippen LogP contribution in [0.15, 0.2) is 37.1 Å². The van der Waals surface area contributed by atoms with Gasteiger partial charge in [-0.25, -0.2) is 9.97 Å². The molecule has 0 amide bonds. The van der Waals surface area contributed by atoms with Crippen LogP contribution in [0.25, 0.3) is 11.0 Å². The summed E-state index contributed by atoms with van der Waals surface area (Å²) >= 11 is 0. The number of nitrogens with zero attached hydrogens (tertiary/aromatic N) is 4. The minimum Gasteiger partial charge on any atom is -0.330 e. The second-order valence-electron chi connectivity index (χ2n) is 5.09. The van der Waals surface area contributed by atoms with Crippen LogP contribution in [0.4, 0.5) is 0 Å². The molecular formula is C15H16N4O. The molecule has 5 nitrogen and oxygen atoms in total. The Hall–Kier alpha value is -2.43. The predicted octanol–water partition coefficient (Wildman–Crippen LogP) is 2.67. The van der Waals surface area contributed by atoms with Crippen molar-refractivity contribution in [2.75, 3.05) is 0 Å². The van der Waals surface area contributed by atoms with Gasteiger partial charge in [-0.1, -0.05) is 0 Å². The molecule has 0 bridgehead atoms. The Morgan fingerprint density at radius 1 is 1.40 bits per heavy atom. The molecule has 0 N–H and O–H groups in total. The molecule has 0 aliphatic carbocycles. The number of hydrogen-bond donors (Lipinski definition) is 0. The van der Waals surface area contributed by atoms with Crippen molar-refractivity contribution in [2.45, 2.75) is 26.4 Å². The summed E-state index contributed by atoms with van der Waals surface area (Å²) in [5.41, 5.74) is 2.59. The number of carbonyl (C=O) groups excluding carboxylic acids is 1. The Kier molecular flexibility index (Phi) is 3.10. The van der Waals surface area contributed by atoms with Gasteiger partial charge in [0.1, 0.15) is 5.65 Å². The quantitative estimate of drug-likeness (QED) is 0.683. The summed E-state index contributed by atoms with van der Waals surface area (Å²) < 4.78 is 4.12. The Labute approximate surface area is 116 Å². The number of aromatic nitrogens is 4. The lowest BCUT2D eigenvalue weighted by atomic mass is 10.2. The lowest BCUT2D eigenvalue weighted by Gasteiger charge is -2.12. The Balaban J connectivity index is 2.07. The van der Waals surface area contributed by atoms with Crippen LogP contribution in [0.5, 0.6) is 0 Å². The molecule has 20 heavy (non-hydrogen) atoms. The Morgan fingerprint density at radius 2 is 2.25 bits per heavy atom. The van der Waals surface area contributed by atoms with Gasteiger partial charge in [0.05, 0.1) is 18.6 Å². The third-order valence-corrected chi connectivity index (χ3v) is 3.43. The van der Waals surface area contributed by atoms with E-state index in [0.717, 1.165) is 23.0 Å². The molecule has 0 saturated carbocycles. The maximum atomic E-state index is 11.2. The van der Waals surface area contributed by atoms with E-state index in [1.54, 1.807) is 6.20 Å². The number of carbonyl (C=O) groups is 1. The van der Waals surface area contributed by atoms with Crippen molar-refractivity contribution >= 4 is 17.3 Å². The summed E-state index contributed by atoms with van der Waals surface area (Å²) in [6.45, 7) is 4.89. The van der Waals surface area contributed by atoms with Gasteiger partial charge in [-0.3, -0.25) is 4.79 Å². The summed E-state index contributed by atoms with van der Waals surface area (Å²) in [4.78, 5) is 19.7. The lowest BCUT2D eigenvalue weighted by Crippen LogP contribution is -2.08. The second-order valence-corrected chi connectivity index (χ2v) is 5.09. The normalized spacial score (nSPS) is 11.3. The molecule has 3 aromatic rings. The fourth-order valence-corrected chi connectivity index (χ4v) is 2.46. The first kappa shape index (κ1) is 12.6. The highest BCUT2D eigenvalue weighted by Gasteiger charge is 2.11. The molecule has 3 heterocycles. The van der Waals surface area contributed by atoms with E-state index in [1.807, 2.05) is 35.4 Å². The van der Waals surface area contributed by atoms with Crippen LogP contribution in [0, 0.1) is 0 Å². The van der Waals surface area contributed by atoms with Crippen LogP contribution in [-0.2, 0) is 6.54 Å². The van der Waals surface area contributed by atoms with Crippen molar-refractivity contribution in [3.05, 3.63) is 48.3 Å². The summed E-state index contributed by atoms with van der Waals surface area (Å²) in [6, 6.07) is 4.12. The molecule has 0 aliphatic heterocycles. The maximum absolute atomic E-state index is 11.2. The summed E-state index contributed by atoms with van der Waals surface area (Å²) in [7, 11) is 0. The van der Waals surface area contributed by atoms with Crippen molar-refractivity contribution in [3.63, 3.8) is 0 Å². The van der Waals surface area contributed by atoms with E-state index in [2.05, 4.69) is 28.4 Å². The highest BCUT2D eigenvalue weighted by molar-refractivity contribution is 5.95. The van der Waals surface area contributed by atoms with Gasteiger partial charge in [-0.05, 0) is 26.0 Å². The van der Waals surface area contributed by atoms with Crippen molar-refractivity contribution in [2.24, 2.45) is 0 Å². The van der Waals surface area contributed by atoms with Gasteiger partial charge >= 0.3 is 0 Å². The first-order valence-corrected chi connectivity index (χ1v) is 6.60. The molecule has 0 spiro atoms. The van der Waals surface area contributed by atoms with Gasteiger partial charge in [-0.15, -0.1) is 0 Å². The summed E-state index contributed by atoms with van der Waals surface area (Å²) in [5.74, 6) is 0. The molecule has 0 aromatic carbocycles. The van der Waals surface area contributed by atoms with Gasteiger partial charge in [-0.2, -0.15) is 0 Å². The first-order valence-electron chi connectivity index (χ1n) is 6.60. The van der Waals surface area contributed by atoms with Gasteiger partial charge in [0.2, 0.25) is 0 Å². The standard InChI is InChI=1S/C15H16N4O/c1-11(2)19-10-16-6-13(19)8-18-7-12(9-20)14-4-3-5-17-15(14)18/h3-7,9-11H,8H2,1-2H3. The van der Waals surface area contributed by atoms with E-state index in [1.165, 1.54) is 0 Å². The monoisotopic (exact) mass is 268 g/mol. The van der Waals surface area contributed by atoms with Crippen LogP contribution in [0.2, 0.25) is 0 Å². The molecule has 0 aliphatic rings. The zero-order valence-corrected chi connectivity index (χ0v) is 11.5. The molecule has 0 atom stereocenters. The third-order valence-electron chi connectivity index (χ3n) is 3.43. The van der Waals surface area contributed by atoms with E-state index >= 15 is 0 Å². The molecule has 0 saturated heterocycles. The minimum absolute atomic E-state index is 0.354. The maximum Gasteiger partial charge on any atom is 0.152 e. The van der Waals surface area contributed by atoms with E-state index in [-0.39, 0.29) is 0 Å². The van der Waals surface area contributed by atoms with Crippen molar-refractivity contribution in [1.82, 2.24) is 19.1 Å². The molecule has 0 radical (unpaired) electrons. The number of imidazole rings is 1. The van der Waals surface area contributed by atoms with Gasteiger partial charge < -0.3 is 9.13 Å². The average molecular weight is 268 g/mol. The van der Waals surface area contributed by atoms with Gasteiger partial charge in [0, 0.05) is 35.6 Å². The summed E-state index contributed by atoms with van der Waals surface area (Å²) in [6.07, 6.45) is 8.16. The fourth-order valence-electron chi connectivity index (χ4n) is 2.46. The lowest BCUT2D eigenvalue weighted by molar-refractivity contribution is 0.112. The highest BCUT2D eigenvalue weighted by Crippen LogP contribution is 2.19. The zero-order valence-electron chi connectivity index (χ0n) is 11.5. The number of aldehydes is 1. The third kappa shape index (κ3) is 2.01. The van der Waals surface area contributed by atoms with E-state index < -0.39 is 0 Å². The molecule has 3 rings (SSSR count). The smallest absolute Gasteiger partial charge is 0.152 e. The summed E-state index contributed by atoms with van der Waals surface area (Å²) in [5, 5.41) is 0.887. The second kappa shape index (κ2) is 4.92. The topological polar surface area (TPSA) is 52.7 Å². The predicted molar refractivity (Wildman–Crippen MR) is 76.8 cm³/mol. The SMILES string of the molecule is CC(C)n1cncc1Cn1cc(C=O)c2cccnc21. The van der Waals surface area contributed by atoms with Crippen LogP contribution in [0.1, 0.15) is 35.9 Å². The number of pyridine rings is 1. The van der Waals surface area contributed by atoms with Crippen molar-refractivity contribution in [3.8, 4) is 0 Å². The van der Waals surface area contributed by atoms with E-state index in [9.17, 15) is 4.79 Å². The van der Waals surface area contributed by atoms with Gasteiger partial charge in [0.25, 0.3) is 0 Å². The number of rotatable bonds is 4. The number of fused-ring (bicyclic) bond motifs is 1. The first-order chi connectivity index (χ1) is 9.70. The largest absolute Gasteiger partial charge is 0.330 e. The highest BCUT2D eigenvalue weighted by atomic mass is 16.1. The number of hydrogen-bond acceptors (Lipinski definition) is 3. The van der Waals surface area contributed by atoms with Crippen LogP contribution >= 0.6 is 0 Å². The van der Waals surface area contributed by atoms with E-state index in [0.29, 0.717) is 18.2 Å². The molecule has 102 valence electrons. The van der Waals surface area contributed by atoms with Crippen molar-refractivity contribution in [1.29, 1.82) is 0 Å². The average Bonchev–Trinajstić information content (AvgIpc) is 3.04. The molecule has 3 aromatic heterocycles.